The van der Waals surface area contributed by atoms with Gasteiger partial charge in [0.25, 0.3) is 0 Å². The predicted molar refractivity (Wildman–Crippen MR) is 82.3 cm³/mol. The molecule has 0 saturated heterocycles. The molecule has 0 bridgehead atoms. The van der Waals surface area contributed by atoms with Crippen molar-refractivity contribution in [3.05, 3.63) is 55.4 Å². The lowest BCUT2D eigenvalue weighted by Crippen LogP contribution is -2.24. The molecule has 0 radical (unpaired) electrons. The minimum Gasteiger partial charge on any atom is -0.496 e. The summed E-state index contributed by atoms with van der Waals surface area (Å²) in [6.07, 6.45) is 5.79. The Labute approximate surface area is 120 Å². The van der Waals surface area contributed by atoms with Crippen molar-refractivity contribution in [2.75, 3.05) is 5.32 Å². The van der Waals surface area contributed by atoms with E-state index >= 15 is 0 Å². The van der Waals surface area contributed by atoms with Gasteiger partial charge >= 0.3 is 6.03 Å². The van der Waals surface area contributed by atoms with Gasteiger partial charge in [-0.25, -0.2) is 4.79 Å². The van der Waals surface area contributed by atoms with Crippen LogP contribution >= 0.6 is 0 Å². The van der Waals surface area contributed by atoms with Gasteiger partial charge in [-0.2, -0.15) is 0 Å². The van der Waals surface area contributed by atoms with Gasteiger partial charge in [0.05, 0.1) is 6.26 Å². The van der Waals surface area contributed by atoms with E-state index in [-0.39, 0.29) is 18.1 Å². The van der Waals surface area contributed by atoms with E-state index in [1.807, 2.05) is 50.3 Å². The topological polar surface area (TPSA) is 50.4 Å². The fourth-order valence-electron chi connectivity index (χ4n) is 1.68. The molecule has 0 aromatic heterocycles. The maximum Gasteiger partial charge on any atom is 0.323 e. The summed E-state index contributed by atoms with van der Waals surface area (Å²) in [5.41, 5.74) is 0.742. The van der Waals surface area contributed by atoms with E-state index in [9.17, 15) is 4.79 Å². The Morgan fingerprint density at radius 3 is 2.70 bits per heavy atom. The van der Waals surface area contributed by atoms with Gasteiger partial charge in [0.1, 0.15) is 6.10 Å². The number of nitrogens with one attached hydrogen (secondary N) is 2. The predicted octanol–water partition coefficient (Wildman–Crippen LogP) is 3.90. The van der Waals surface area contributed by atoms with Crippen molar-refractivity contribution in [3.63, 3.8) is 0 Å². The molecular formula is C16H22N2O2. The second-order valence-corrected chi connectivity index (χ2v) is 4.44. The number of rotatable bonds is 7. The van der Waals surface area contributed by atoms with Gasteiger partial charge in [0.2, 0.25) is 0 Å². The van der Waals surface area contributed by atoms with Crippen molar-refractivity contribution in [1.29, 1.82) is 0 Å². The molecule has 108 valence electrons. The van der Waals surface area contributed by atoms with Gasteiger partial charge in [0, 0.05) is 17.8 Å². The summed E-state index contributed by atoms with van der Waals surface area (Å²) in [5, 5.41) is 5.29. The largest absolute Gasteiger partial charge is 0.496 e. The quantitative estimate of drug-likeness (QED) is 0.585. The molecular weight excluding hydrogens is 252 g/mol. The van der Waals surface area contributed by atoms with Crippen LogP contribution in [0.15, 0.2) is 55.4 Å². The molecule has 20 heavy (non-hydrogen) atoms. The lowest BCUT2D eigenvalue weighted by atomic mass is 10.0. The van der Waals surface area contributed by atoms with E-state index in [2.05, 4.69) is 17.2 Å². The first-order valence-corrected chi connectivity index (χ1v) is 6.73. The van der Waals surface area contributed by atoms with Crippen LogP contribution in [0.3, 0.4) is 0 Å². The molecule has 2 atom stereocenters. The van der Waals surface area contributed by atoms with E-state index in [0.717, 1.165) is 12.1 Å². The highest BCUT2D eigenvalue weighted by atomic mass is 16.5. The van der Waals surface area contributed by atoms with Crippen LogP contribution in [0.4, 0.5) is 10.5 Å². The van der Waals surface area contributed by atoms with Crippen LogP contribution in [-0.2, 0) is 4.74 Å². The second kappa shape index (κ2) is 8.80. The molecule has 0 fully saturated rings. The van der Waals surface area contributed by atoms with E-state index in [4.69, 9.17) is 4.74 Å². The van der Waals surface area contributed by atoms with E-state index in [1.54, 1.807) is 0 Å². The molecule has 2 N–H and O–H groups in total. The summed E-state index contributed by atoms with van der Waals surface area (Å²) in [4.78, 5) is 11.6. The first-order valence-electron chi connectivity index (χ1n) is 6.73. The van der Waals surface area contributed by atoms with Crippen LogP contribution < -0.4 is 10.6 Å². The molecule has 4 nitrogen and oxygen atoms in total. The average Bonchev–Trinajstić information content (AvgIpc) is 2.47. The Morgan fingerprint density at radius 1 is 1.40 bits per heavy atom. The van der Waals surface area contributed by atoms with Crippen molar-refractivity contribution in [2.45, 2.75) is 26.4 Å². The van der Waals surface area contributed by atoms with Crippen molar-refractivity contribution in [1.82, 2.24) is 5.32 Å². The maximum absolute atomic E-state index is 11.6. The second-order valence-electron chi connectivity index (χ2n) is 4.44. The molecule has 0 aliphatic heterocycles. The number of benzene rings is 1. The zero-order chi connectivity index (χ0) is 14.8. The van der Waals surface area contributed by atoms with Gasteiger partial charge in [-0.15, -0.1) is 6.58 Å². The van der Waals surface area contributed by atoms with Crippen molar-refractivity contribution in [2.24, 2.45) is 5.92 Å². The highest BCUT2D eigenvalue weighted by Crippen LogP contribution is 2.12. The monoisotopic (exact) mass is 274 g/mol. The first kappa shape index (κ1) is 15.8. The summed E-state index contributed by atoms with van der Waals surface area (Å²) in [5.74, 6) is 0.266. The minimum atomic E-state index is -0.305. The van der Waals surface area contributed by atoms with Crippen molar-refractivity contribution in [3.8, 4) is 0 Å². The number of amides is 2. The molecule has 1 aromatic carbocycles. The molecule has 0 heterocycles. The molecule has 1 rings (SSSR count). The Hall–Kier alpha value is -2.23. The first-order chi connectivity index (χ1) is 9.67. The Morgan fingerprint density at radius 2 is 2.10 bits per heavy atom. The Balaban J connectivity index is 2.33. The third kappa shape index (κ3) is 5.61. The van der Waals surface area contributed by atoms with E-state index < -0.39 is 0 Å². The average molecular weight is 274 g/mol. The molecule has 0 aliphatic carbocycles. The Bertz CT molecular complexity index is 443. The van der Waals surface area contributed by atoms with Crippen molar-refractivity contribution < 1.29 is 9.53 Å². The zero-order valence-electron chi connectivity index (χ0n) is 12.0. The van der Waals surface area contributed by atoms with Gasteiger partial charge in [0.15, 0.2) is 0 Å². The van der Waals surface area contributed by atoms with Crippen molar-refractivity contribution >= 4 is 11.7 Å². The number of ether oxygens (including phenoxy) is 1. The minimum absolute atomic E-state index is 0.0720. The van der Waals surface area contributed by atoms with Crippen LogP contribution in [-0.4, -0.2) is 12.1 Å². The van der Waals surface area contributed by atoms with E-state index in [1.165, 1.54) is 12.5 Å². The summed E-state index contributed by atoms with van der Waals surface area (Å²) in [7, 11) is 0. The summed E-state index contributed by atoms with van der Waals surface area (Å²) >= 11 is 0. The standard InChI is InChI=1S/C16H22N2O2/c1-4-13(3)15(5-2)20-12-11-17-16(19)18-14-9-7-6-8-10-14/h4,6-13,15H,1,5H2,2-3H3,(H2,17,18,19)/b12-11+. The molecule has 2 amide bonds. The van der Waals surface area contributed by atoms with Gasteiger partial charge < -0.3 is 15.4 Å². The fourth-order valence-corrected chi connectivity index (χ4v) is 1.68. The number of hydrogen-bond acceptors (Lipinski definition) is 2. The van der Waals surface area contributed by atoms with Gasteiger partial charge in [-0.05, 0) is 18.6 Å². The normalized spacial score (nSPS) is 13.5. The molecule has 0 saturated carbocycles. The van der Waals surface area contributed by atoms with Crippen LogP contribution in [0.2, 0.25) is 0 Å². The van der Waals surface area contributed by atoms with E-state index in [0.29, 0.717) is 0 Å². The number of urea groups is 1. The smallest absolute Gasteiger partial charge is 0.323 e. The number of anilines is 1. The zero-order valence-corrected chi connectivity index (χ0v) is 12.0. The van der Waals surface area contributed by atoms with Crippen LogP contribution in [0.5, 0.6) is 0 Å². The number of carbonyl (C=O) groups excluding carboxylic acids is 1. The number of carbonyl (C=O) groups is 1. The third-order valence-electron chi connectivity index (χ3n) is 2.93. The maximum atomic E-state index is 11.6. The number of para-hydroxylation sites is 1. The highest BCUT2D eigenvalue weighted by molar-refractivity contribution is 5.89. The highest BCUT2D eigenvalue weighted by Gasteiger charge is 2.11. The molecule has 0 aliphatic rings. The Kier molecular flexibility index (Phi) is 6.96. The third-order valence-corrected chi connectivity index (χ3v) is 2.93. The van der Waals surface area contributed by atoms with Crippen LogP contribution in [0.25, 0.3) is 0 Å². The molecule has 2 unspecified atom stereocenters. The number of hydrogen-bond donors (Lipinski definition) is 2. The van der Waals surface area contributed by atoms with Gasteiger partial charge in [-0.3, -0.25) is 0 Å². The fraction of sp³-hybridized carbons (Fsp3) is 0.312. The molecule has 4 heteroatoms. The SMILES string of the molecule is C=CC(C)C(CC)O/C=C/NC(=O)Nc1ccccc1. The van der Waals surface area contributed by atoms with Crippen LogP contribution in [0, 0.1) is 5.92 Å². The lowest BCUT2D eigenvalue weighted by molar-refractivity contribution is 0.107. The summed E-state index contributed by atoms with van der Waals surface area (Å²) in [6.45, 7) is 7.84. The molecule has 0 spiro atoms. The van der Waals surface area contributed by atoms with Gasteiger partial charge in [-0.1, -0.05) is 38.1 Å². The lowest BCUT2D eigenvalue weighted by Gasteiger charge is -2.18. The summed E-state index contributed by atoms with van der Waals surface area (Å²) in [6, 6.07) is 8.94. The van der Waals surface area contributed by atoms with Crippen LogP contribution in [0.1, 0.15) is 20.3 Å². The summed E-state index contributed by atoms with van der Waals surface area (Å²) < 4.78 is 5.55. The molecule has 1 aromatic rings.